The summed E-state index contributed by atoms with van der Waals surface area (Å²) in [5, 5.41) is -4.25. The Morgan fingerprint density at radius 2 is 1.92 bits per heavy atom. The van der Waals surface area contributed by atoms with Crippen molar-refractivity contribution >= 4 is 10.1 Å². The van der Waals surface area contributed by atoms with Crippen molar-refractivity contribution in [2.24, 2.45) is 22.7 Å². The minimum Gasteiger partial charge on any atom is -0.373 e. The minimum absolute atomic E-state index is 0.0711. The first kappa shape index (κ1) is 18.1. The van der Waals surface area contributed by atoms with E-state index in [0.29, 0.717) is 11.8 Å². The van der Waals surface area contributed by atoms with Crippen LogP contribution >= 0.6 is 0 Å². The van der Waals surface area contributed by atoms with Gasteiger partial charge in [-0.1, -0.05) is 0 Å². The van der Waals surface area contributed by atoms with Crippen LogP contribution in [-0.2, 0) is 19.6 Å². The van der Waals surface area contributed by atoms with Crippen LogP contribution in [0.25, 0.3) is 0 Å². The van der Waals surface area contributed by atoms with E-state index in [9.17, 15) is 17.2 Å². The van der Waals surface area contributed by atoms with Crippen LogP contribution in [0.4, 0.5) is 8.78 Å². The first-order chi connectivity index (χ1) is 11.4. The third-order valence-corrected chi connectivity index (χ3v) is 8.11. The highest BCUT2D eigenvalue weighted by atomic mass is 32.2. The van der Waals surface area contributed by atoms with Gasteiger partial charge in [0.1, 0.15) is 6.61 Å². The van der Waals surface area contributed by atoms with Crippen molar-refractivity contribution in [1.29, 1.82) is 0 Å². The molecule has 4 aliphatic rings. The van der Waals surface area contributed by atoms with Gasteiger partial charge in [0.25, 0.3) is 0 Å². The first-order valence-corrected chi connectivity index (χ1v) is 10.5. The Morgan fingerprint density at radius 1 is 1.20 bits per heavy atom. The Labute approximate surface area is 147 Å². The molecule has 4 rings (SSSR count). The Balaban J connectivity index is 1.47. The zero-order valence-corrected chi connectivity index (χ0v) is 15.4. The van der Waals surface area contributed by atoms with Crippen LogP contribution in [0.5, 0.6) is 0 Å². The van der Waals surface area contributed by atoms with Gasteiger partial charge in [0.2, 0.25) is 0 Å². The highest BCUT2D eigenvalue weighted by Gasteiger charge is 2.78. The summed E-state index contributed by atoms with van der Waals surface area (Å²) in [5.41, 5.74) is -0.0905. The molecule has 0 amide bonds. The van der Waals surface area contributed by atoms with Gasteiger partial charge >= 0.3 is 15.4 Å². The number of ether oxygens (including phenoxy) is 2. The van der Waals surface area contributed by atoms with Crippen molar-refractivity contribution in [2.45, 2.75) is 69.3 Å². The fraction of sp³-hybridized carbons (Fsp3) is 1.00. The van der Waals surface area contributed by atoms with Gasteiger partial charge in [-0.05, 0) is 69.6 Å². The molecule has 4 saturated carbocycles. The Bertz CT molecular complexity index is 677. The molecule has 0 aromatic heterocycles. The smallest absolute Gasteiger partial charge is 0.373 e. The van der Waals surface area contributed by atoms with Gasteiger partial charge in [0, 0.05) is 5.41 Å². The van der Waals surface area contributed by atoms with E-state index in [4.69, 9.17) is 14.0 Å². The van der Waals surface area contributed by atoms with Gasteiger partial charge < -0.3 is 9.47 Å². The highest BCUT2D eigenvalue weighted by Crippen LogP contribution is 2.82. The number of hydrogen-bond donors (Lipinski definition) is 1. The van der Waals surface area contributed by atoms with Crippen LogP contribution in [0.1, 0.15) is 52.4 Å². The van der Waals surface area contributed by atoms with Gasteiger partial charge in [-0.25, -0.2) is 0 Å². The monoisotopic (exact) mass is 380 g/mol. The molecule has 0 radical (unpaired) electrons. The number of rotatable bonds is 7. The van der Waals surface area contributed by atoms with Gasteiger partial charge in [-0.3, -0.25) is 4.55 Å². The fourth-order valence-corrected chi connectivity index (χ4v) is 7.15. The minimum atomic E-state index is -5.44. The maximum absolute atomic E-state index is 13.4. The van der Waals surface area contributed by atoms with E-state index in [1.54, 1.807) is 0 Å². The summed E-state index contributed by atoms with van der Waals surface area (Å²) in [6, 6.07) is 0. The second-order valence-corrected chi connectivity index (χ2v) is 10.7. The lowest BCUT2D eigenvalue weighted by atomic mass is 9.46. The average molecular weight is 380 g/mol. The summed E-state index contributed by atoms with van der Waals surface area (Å²) in [7, 11) is -5.44. The number of alkyl halides is 2. The van der Waals surface area contributed by atoms with Crippen LogP contribution < -0.4 is 0 Å². The molecule has 0 aliphatic heterocycles. The molecule has 0 aromatic rings. The summed E-state index contributed by atoms with van der Waals surface area (Å²) in [5.74, 6) is 1.09. The maximum atomic E-state index is 13.4. The molecule has 5 unspecified atom stereocenters. The number of fused-ring (bicyclic) bond motifs is 2. The summed E-state index contributed by atoms with van der Waals surface area (Å²) in [6.07, 6.45) is 6.23. The Morgan fingerprint density at radius 3 is 2.56 bits per heavy atom. The second-order valence-electron chi connectivity index (χ2n) is 9.15. The Hall–Kier alpha value is -0.310. The summed E-state index contributed by atoms with van der Waals surface area (Å²) in [6.45, 7) is 2.96. The molecule has 4 aliphatic carbocycles. The molecule has 144 valence electrons. The van der Waals surface area contributed by atoms with Crippen molar-refractivity contribution in [3.63, 3.8) is 0 Å². The van der Waals surface area contributed by atoms with E-state index in [1.165, 1.54) is 0 Å². The quantitative estimate of drug-likeness (QED) is 0.687. The van der Waals surface area contributed by atoms with Crippen molar-refractivity contribution in [1.82, 2.24) is 0 Å². The third-order valence-electron chi connectivity index (χ3n) is 7.24. The lowest BCUT2D eigenvalue weighted by molar-refractivity contribution is -0.159. The van der Waals surface area contributed by atoms with E-state index >= 15 is 0 Å². The van der Waals surface area contributed by atoms with Crippen molar-refractivity contribution in [2.75, 3.05) is 13.2 Å². The van der Waals surface area contributed by atoms with Crippen molar-refractivity contribution < 1.29 is 31.2 Å². The molecule has 0 heterocycles. The molecule has 1 spiro atoms. The molecular formula is C17H26F2O5S. The first-order valence-electron chi connectivity index (χ1n) is 9.03. The predicted molar refractivity (Wildman–Crippen MR) is 85.8 cm³/mol. The molecule has 0 aromatic carbocycles. The van der Waals surface area contributed by atoms with Gasteiger partial charge in [0.15, 0.2) is 0 Å². The van der Waals surface area contributed by atoms with Gasteiger partial charge in [0.05, 0.1) is 18.3 Å². The largest absolute Gasteiger partial charge is 0.392 e. The average Bonchev–Trinajstić information content (AvgIpc) is 2.71. The van der Waals surface area contributed by atoms with Crippen LogP contribution in [0, 0.1) is 22.7 Å². The van der Waals surface area contributed by atoms with Gasteiger partial charge in [-0.2, -0.15) is 17.2 Å². The van der Waals surface area contributed by atoms with E-state index in [-0.39, 0.29) is 29.1 Å². The van der Waals surface area contributed by atoms with E-state index in [1.807, 2.05) is 0 Å². The standard InChI is InChI=1S/C17H26F2O5S/c1-11(2)24-15-4-12-3-14(6-13(7-15)16(14,5-12)8-15)9-23-10-17(18,19)25(20,21)22/h11-13H,3-10H2,1-2H3,(H,20,21,22). The van der Waals surface area contributed by atoms with Crippen LogP contribution in [0.2, 0.25) is 0 Å². The summed E-state index contributed by atoms with van der Waals surface area (Å²) in [4.78, 5) is 0. The van der Waals surface area contributed by atoms with E-state index in [2.05, 4.69) is 13.8 Å². The van der Waals surface area contributed by atoms with E-state index < -0.39 is 22.0 Å². The predicted octanol–water partition coefficient (Wildman–Crippen LogP) is 3.25. The van der Waals surface area contributed by atoms with Crippen LogP contribution in [0.3, 0.4) is 0 Å². The third kappa shape index (κ3) is 2.43. The van der Waals surface area contributed by atoms with Crippen molar-refractivity contribution in [3.8, 4) is 0 Å². The maximum Gasteiger partial charge on any atom is 0.392 e. The normalized spacial score (nSPS) is 45.0. The second kappa shape index (κ2) is 5.14. The highest BCUT2D eigenvalue weighted by molar-refractivity contribution is 7.86. The van der Waals surface area contributed by atoms with Crippen molar-refractivity contribution in [3.05, 3.63) is 0 Å². The summed E-state index contributed by atoms with van der Waals surface area (Å²) >= 11 is 0. The molecule has 0 saturated heterocycles. The van der Waals surface area contributed by atoms with Crippen LogP contribution in [-0.4, -0.2) is 43.1 Å². The van der Waals surface area contributed by atoms with Gasteiger partial charge in [-0.15, -0.1) is 0 Å². The SMILES string of the molecule is CC(C)OC12CC3CC4(COCC(F)(F)S(=O)(=O)O)CC(C1)C4(C3)C2. The zero-order valence-electron chi connectivity index (χ0n) is 14.6. The molecular weight excluding hydrogens is 354 g/mol. The molecule has 5 atom stereocenters. The fourth-order valence-electron chi connectivity index (χ4n) is 6.91. The molecule has 25 heavy (non-hydrogen) atoms. The molecule has 3 bridgehead atoms. The zero-order chi connectivity index (χ0) is 18.3. The Kier molecular flexibility index (Phi) is 3.72. The molecule has 8 heteroatoms. The van der Waals surface area contributed by atoms with Crippen LogP contribution in [0.15, 0.2) is 0 Å². The molecule has 5 nitrogen and oxygen atoms in total. The number of hydrogen-bond acceptors (Lipinski definition) is 4. The lowest BCUT2D eigenvalue weighted by Crippen LogP contribution is -2.55. The lowest BCUT2D eigenvalue weighted by Gasteiger charge is -2.59. The molecule has 1 N–H and O–H groups in total. The summed E-state index contributed by atoms with van der Waals surface area (Å²) < 4.78 is 68.4. The molecule has 4 fully saturated rings. The topological polar surface area (TPSA) is 72.8 Å². The number of halogens is 2. The van der Waals surface area contributed by atoms with E-state index in [0.717, 1.165) is 38.5 Å².